The van der Waals surface area contributed by atoms with Crippen LogP contribution in [0.25, 0.3) is 0 Å². The van der Waals surface area contributed by atoms with Crippen molar-refractivity contribution in [1.29, 1.82) is 0 Å². The largest absolute Gasteiger partial charge is 0.396 e. The Balaban J connectivity index is 3.66. The number of carbonyl (C=O) groups excluding carboxylic acids is 3. The highest BCUT2D eigenvalue weighted by Gasteiger charge is 2.20. The molecule has 0 atom stereocenters. The average Bonchev–Trinajstić information content (AvgIpc) is 2.43. The van der Waals surface area contributed by atoms with Crippen molar-refractivity contribution in [2.24, 2.45) is 5.41 Å². The third kappa shape index (κ3) is 11.6. The Morgan fingerprint density at radius 1 is 1.05 bits per heavy atom. The number of nitrogens with one attached hydrogen (secondary N) is 2. The molecule has 128 valence electrons. The van der Waals surface area contributed by atoms with Gasteiger partial charge in [-0.3, -0.25) is 14.4 Å². The number of hydrogen-bond acceptors (Lipinski definition) is 5. The molecule has 0 spiro atoms. The summed E-state index contributed by atoms with van der Waals surface area (Å²) < 4.78 is 0. The predicted octanol–water partition coefficient (Wildman–Crippen LogP) is 1.08. The lowest BCUT2D eigenvalue weighted by atomic mass is 9.90. The first kappa shape index (κ1) is 20.9. The summed E-state index contributed by atoms with van der Waals surface area (Å²) in [6, 6.07) is 0. The molecule has 0 aliphatic carbocycles. The molecule has 0 saturated carbocycles. The van der Waals surface area contributed by atoms with Gasteiger partial charge in [-0.15, -0.1) is 0 Å². The average molecular weight is 332 g/mol. The van der Waals surface area contributed by atoms with Crippen LogP contribution in [-0.4, -0.2) is 47.5 Å². The molecule has 3 N–H and O–H groups in total. The molecule has 0 radical (unpaired) electrons. The van der Waals surface area contributed by atoms with Crippen LogP contribution in [0.1, 0.15) is 46.5 Å². The van der Waals surface area contributed by atoms with Gasteiger partial charge in [0.15, 0.2) is 5.12 Å². The molecule has 0 fully saturated rings. The van der Waals surface area contributed by atoms with Crippen LogP contribution in [0, 0.1) is 5.41 Å². The Hall–Kier alpha value is -1.08. The van der Waals surface area contributed by atoms with Crippen molar-refractivity contribution < 1.29 is 19.5 Å². The van der Waals surface area contributed by atoms with Crippen LogP contribution in [0.15, 0.2) is 0 Å². The van der Waals surface area contributed by atoms with Crippen LogP contribution in [0.5, 0.6) is 0 Å². The van der Waals surface area contributed by atoms with Crippen LogP contribution in [0.3, 0.4) is 0 Å². The van der Waals surface area contributed by atoms with Gasteiger partial charge in [-0.2, -0.15) is 0 Å². The fourth-order valence-electron chi connectivity index (χ4n) is 1.59. The van der Waals surface area contributed by atoms with E-state index in [-0.39, 0.29) is 42.9 Å². The van der Waals surface area contributed by atoms with Gasteiger partial charge in [0.2, 0.25) is 11.8 Å². The molecule has 0 heterocycles. The summed E-state index contributed by atoms with van der Waals surface area (Å²) >= 11 is 1.23. The molecule has 7 heteroatoms. The van der Waals surface area contributed by atoms with Crippen LogP contribution in [-0.2, 0) is 14.4 Å². The summed E-state index contributed by atoms with van der Waals surface area (Å²) in [5.74, 6) is 0.250. The van der Waals surface area contributed by atoms with E-state index in [1.165, 1.54) is 11.8 Å². The lowest BCUT2D eigenvalue weighted by molar-refractivity contribution is -0.124. The van der Waals surface area contributed by atoms with Gasteiger partial charge in [-0.1, -0.05) is 32.5 Å². The molecule has 2 amide bonds. The van der Waals surface area contributed by atoms with Gasteiger partial charge >= 0.3 is 0 Å². The Morgan fingerprint density at radius 2 is 1.68 bits per heavy atom. The quantitative estimate of drug-likeness (QED) is 0.492. The molecule has 0 aliphatic rings. The van der Waals surface area contributed by atoms with Crippen LogP contribution < -0.4 is 10.6 Å². The van der Waals surface area contributed by atoms with Crippen molar-refractivity contribution in [1.82, 2.24) is 10.6 Å². The Bertz CT molecular complexity index is 373. The Kier molecular flexibility index (Phi) is 10.9. The fourth-order valence-corrected chi connectivity index (χ4v) is 2.37. The molecule has 0 aliphatic heterocycles. The highest BCUT2D eigenvalue weighted by Crippen LogP contribution is 2.18. The number of hydrogen-bond donors (Lipinski definition) is 3. The van der Waals surface area contributed by atoms with Gasteiger partial charge in [-0.05, 0) is 11.8 Å². The van der Waals surface area contributed by atoms with E-state index < -0.39 is 5.41 Å². The molecule has 0 aromatic carbocycles. The minimum absolute atomic E-state index is 0.0602. The second-order valence-corrected chi connectivity index (χ2v) is 7.07. The van der Waals surface area contributed by atoms with Crippen molar-refractivity contribution in [2.45, 2.75) is 46.5 Å². The highest BCUT2D eigenvalue weighted by molar-refractivity contribution is 8.13. The number of thioether (sulfide) groups is 1. The smallest absolute Gasteiger partial charge is 0.221 e. The fraction of sp³-hybridized carbons (Fsp3) is 0.800. The van der Waals surface area contributed by atoms with Crippen LogP contribution >= 0.6 is 11.8 Å². The number of carbonyl (C=O) groups is 3. The maximum Gasteiger partial charge on any atom is 0.221 e. The van der Waals surface area contributed by atoms with Gasteiger partial charge in [0.1, 0.15) is 0 Å². The second-order valence-electron chi connectivity index (χ2n) is 5.92. The van der Waals surface area contributed by atoms with Gasteiger partial charge in [0, 0.05) is 44.7 Å². The van der Waals surface area contributed by atoms with Crippen molar-refractivity contribution in [3.05, 3.63) is 0 Å². The molecule has 0 aromatic rings. The van der Waals surface area contributed by atoms with E-state index >= 15 is 0 Å². The topological polar surface area (TPSA) is 95.5 Å². The zero-order chi connectivity index (χ0) is 17.0. The second kappa shape index (κ2) is 11.5. The first-order valence-corrected chi connectivity index (χ1v) is 8.59. The first-order valence-electron chi connectivity index (χ1n) is 7.60. The first-order chi connectivity index (χ1) is 10.3. The van der Waals surface area contributed by atoms with Gasteiger partial charge in [0.05, 0.1) is 0 Å². The van der Waals surface area contributed by atoms with Crippen molar-refractivity contribution >= 4 is 28.7 Å². The summed E-state index contributed by atoms with van der Waals surface area (Å²) in [6.07, 6.45) is 1.83. The molecular formula is C15H28N2O4S. The maximum atomic E-state index is 11.6. The van der Waals surface area contributed by atoms with E-state index in [1.54, 1.807) is 13.8 Å². The monoisotopic (exact) mass is 332 g/mol. The van der Waals surface area contributed by atoms with E-state index in [1.807, 2.05) is 6.92 Å². The zero-order valence-electron chi connectivity index (χ0n) is 13.7. The van der Waals surface area contributed by atoms with Crippen molar-refractivity contribution in [2.75, 3.05) is 25.4 Å². The number of aliphatic hydroxyl groups is 1. The van der Waals surface area contributed by atoms with Crippen molar-refractivity contribution in [3.63, 3.8) is 0 Å². The Labute approximate surface area is 136 Å². The van der Waals surface area contributed by atoms with Crippen LogP contribution in [0.4, 0.5) is 0 Å². The van der Waals surface area contributed by atoms with E-state index in [0.717, 1.165) is 6.42 Å². The molecule has 6 nitrogen and oxygen atoms in total. The normalized spacial score (nSPS) is 11.1. The molecule has 0 bridgehead atoms. The molecule has 0 unspecified atom stereocenters. The standard InChI is InChI=1S/C15H28N2O4S/c1-4-5-14(21)22-9-8-17-12(19)6-7-16-13(20)10-15(2,3)11-18/h18H,4-11H2,1-3H3,(H,16,20)(H,17,19). The number of amides is 2. The van der Waals surface area contributed by atoms with Gasteiger partial charge in [0.25, 0.3) is 0 Å². The minimum atomic E-state index is -0.450. The summed E-state index contributed by atoms with van der Waals surface area (Å²) in [6.45, 7) is 6.22. The third-order valence-corrected chi connectivity index (χ3v) is 3.82. The maximum absolute atomic E-state index is 11.6. The molecule has 0 rings (SSSR count). The minimum Gasteiger partial charge on any atom is -0.396 e. The van der Waals surface area contributed by atoms with E-state index in [0.29, 0.717) is 18.7 Å². The summed E-state index contributed by atoms with van der Waals surface area (Å²) in [7, 11) is 0. The van der Waals surface area contributed by atoms with Gasteiger partial charge < -0.3 is 15.7 Å². The molecule has 22 heavy (non-hydrogen) atoms. The molecule has 0 saturated heterocycles. The van der Waals surface area contributed by atoms with E-state index in [2.05, 4.69) is 10.6 Å². The molecule has 0 aromatic heterocycles. The summed E-state index contributed by atoms with van der Waals surface area (Å²) in [5.41, 5.74) is -0.450. The van der Waals surface area contributed by atoms with Crippen molar-refractivity contribution in [3.8, 4) is 0 Å². The summed E-state index contributed by atoms with van der Waals surface area (Å²) in [5, 5.41) is 14.6. The Morgan fingerprint density at radius 3 is 2.27 bits per heavy atom. The third-order valence-electron chi connectivity index (χ3n) is 2.88. The predicted molar refractivity (Wildman–Crippen MR) is 88.5 cm³/mol. The highest BCUT2D eigenvalue weighted by atomic mass is 32.2. The lowest BCUT2D eigenvalue weighted by Crippen LogP contribution is -2.34. The van der Waals surface area contributed by atoms with E-state index in [4.69, 9.17) is 5.11 Å². The zero-order valence-corrected chi connectivity index (χ0v) is 14.6. The van der Waals surface area contributed by atoms with Gasteiger partial charge in [-0.25, -0.2) is 0 Å². The molecular weight excluding hydrogens is 304 g/mol. The SMILES string of the molecule is CCCC(=O)SCCNC(=O)CCNC(=O)CC(C)(C)CO. The number of aliphatic hydroxyl groups excluding tert-OH is 1. The summed E-state index contributed by atoms with van der Waals surface area (Å²) in [4.78, 5) is 34.4. The van der Waals surface area contributed by atoms with E-state index in [9.17, 15) is 14.4 Å². The lowest BCUT2D eigenvalue weighted by Gasteiger charge is -2.20. The van der Waals surface area contributed by atoms with Crippen LogP contribution in [0.2, 0.25) is 0 Å². The number of rotatable bonds is 11.